The average Bonchev–Trinajstić information content (AvgIpc) is 2.81. The van der Waals surface area contributed by atoms with E-state index in [1.54, 1.807) is 34.1 Å². The molecule has 3 N–H and O–H groups in total. The summed E-state index contributed by atoms with van der Waals surface area (Å²) >= 11 is 6.32. The van der Waals surface area contributed by atoms with Crippen molar-refractivity contribution in [1.82, 2.24) is 10.3 Å². The zero-order valence-corrected chi connectivity index (χ0v) is 22.7. The highest BCUT2D eigenvalue weighted by Crippen LogP contribution is 2.30. The Hall–Kier alpha value is -2.84. The van der Waals surface area contributed by atoms with Crippen LogP contribution in [-0.2, 0) is 16.1 Å². The van der Waals surface area contributed by atoms with Gasteiger partial charge in [0.05, 0.1) is 12.8 Å². The molecule has 0 aliphatic heterocycles. The van der Waals surface area contributed by atoms with Crippen molar-refractivity contribution in [2.24, 2.45) is 5.92 Å². The number of methoxy groups -OCH3 is 1. The first-order chi connectivity index (χ1) is 17.0. The number of halogens is 1. The smallest absolute Gasteiger partial charge is 0.412 e. The van der Waals surface area contributed by atoms with Gasteiger partial charge in [0, 0.05) is 36.5 Å². The lowest BCUT2D eigenvalue weighted by Crippen LogP contribution is -2.36. The summed E-state index contributed by atoms with van der Waals surface area (Å²) in [6.45, 7) is 9.83. The topological polar surface area (TPSA) is 102 Å². The highest BCUT2D eigenvalue weighted by molar-refractivity contribution is 6.32. The van der Waals surface area contributed by atoms with Gasteiger partial charge in [0.25, 0.3) is 0 Å². The van der Waals surface area contributed by atoms with Gasteiger partial charge in [-0.25, -0.2) is 9.78 Å². The molecule has 8 nitrogen and oxygen atoms in total. The Labute approximate surface area is 218 Å². The van der Waals surface area contributed by atoms with Crippen LogP contribution in [0.25, 0.3) is 0 Å². The maximum Gasteiger partial charge on any atom is 0.412 e. The Morgan fingerprint density at radius 1 is 1.08 bits per heavy atom. The van der Waals surface area contributed by atoms with Crippen molar-refractivity contribution in [1.29, 1.82) is 0 Å². The third-order valence-corrected chi connectivity index (χ3v) is 6.61. The number of pyridine rings is 1. The van der Waals surface area contributed by atoms with Crippen molar-refractivity contribution in [2.45, 2.75) is 78.5 Å². The van der Waals surface area contributed by atoms with Crippen molar-refractivity contribution in [3.05, 3.63) is 46.2 Å². The fraction of sp³-hybridized carbons (Fsp3) is 0.519. The van der Waals surface area contributed by atoms with Crippen LogP contribution < -0.4 is 20.7 Å². The lowest BCUT2D eigenvalue weighted by molar-refractivity contribution is -0.120. The summed E-state index contributed by atoms with van der Waals surface area (Å²) in [6.07, 6.45) is 4.47. The maximum atomic E-state index is 12.8. The van der Waals surface area contributed by atoms with Crippen molar-refractivity contribution < 1.29 is 19.1 Å². The normalized spacial score (nSPS) is 17.9. The van der Waals surface area contributed by atoms with Gasteiger partial charge < -0.3 is 20.1 Å². The molecular formula is C27H37ClN4O4. The van der Waals surface area contributed by atoms with E-state index in [-0.39, 0.29) is 23.0 Å². The average molecular weight is 517 g/mol. The fourth-order valence-corrected chi connectivity index (χ4v) is 4.54. The van der Waals surface area contributed by atoms with Crippen LogP contribution in [0.4, 0.5) is 16.2 Å². The third-order valence-electron chi connectivity index (χ3n) is 6.32. The van der Waals surface area contributed by atoms with E-state index in [9.17, 15) is 9.59 Å². The molecule has 0 spiro atoms. The summed E-state index contributed by atoms with van der Waals surface area (Å²) in [7, 11) is 1.63. The van der Waals surface area contributed by atoms with Crippen LogP contribution in [0.5, 0.6) is 5.75 Å². The van der Waals surface area contributed by atoms with Crippen LogP contribution in [0.2, 0.25) is 5.15 Å². The standard InChI is InChI=1S/C27H37ClN4O4/c1-16-7-10-20(13-22(16)35-6)31-25(33)18-8-11-19(12-9-18)29-15-21-17(2)14-30-24(28)23(21)32-26(34)36-27(3,4)5/h7,10,13-14,18-19,29H,8-9,11-12,15H2,1-6H3,(H,31,33)(H,32,34). The van der Waals surface area contributed by atoms with Crippen LogP contribution in [0.15, 0.2) is 24.4 Å². The molecule has 1 fully saturated rings. The first-order valence-electron chi connectivity index (χ1n) is 12.3. The molecule has 9 heteroatoms. The van der Waals surface area contributed by atoms with E-state index in [0.29, 0.717) is 12.2 Å². The van der Waals surface area contributed by atoms with Gasteiger partial charge in [-0.05, 0) is 83.1 Å². The maximum absolute atomic E-state index is 12.8. The second-order valence-corrected chi connectivity index (χ2v) is 10.7. The summed E-state index contributed by atoms with van der Waals surface area (Å²) in [5.74, 6) is 0.768. The first kappa shape index (κ1) is 27.7. The van der Waals surface area contributed by atoms with Gasteiger partial charge in [-0.15, -0.1) is 0 Å². The van der Waals surface area contributed by atoms with E-state index >= 15 is 0 Å². The van der Waals surface area contributed by atoms with Crippen LogP contribution >= 0.6 is 11.6 Å². The van der Waals surface area contributed by atoms with Gasteiger partial charge in [-0.2, -0.15) is 0 Å². The quantitative estimate of drug-likeness (QED) is 0.390. The third kappa shape index (κ3) is 7.58. The molecule has 1 aliphatic carbocycles. The van der Waals surface area contributed by atoms with Gasteiger partial charge in [0.15, 0.2) is 5.15 Å². The van der Waals surface area contributed by atoms with E-state index in [1.165, 1.54) is 0 Å². The predicted molar refractivity (Wildman–Crippen MR) is 143 cm³/mol. The van der Waals surface area contributed by atoms with Crippen LogP contribution in [0.3, 0.4) is 0 Å². The molecule has 1 heterocycles. The van der Waals surface area contributed by atoms with E-state index in [1.807, 2.05) is 32.0 Å². The lowest BCUT2D eigenvalue weighted by Gasteiger charge is -2.29. The second-order valence-electron chi connectivity index (χ2n) is 10.3. The van der Waals surface area contributed by atoms with Gasteiger partial charge in [-0.1, -0.05) is 17.7 Å². The molecule has 196 valence electrons. The molecule has 1 aromatic heterocycles. The molecule has 2 aromatic rings. The van der Waals surface area contributed by atoms with Crippen molar-refractivity contribution in [3.8, 4) is 5.75 Å². The minimum Gasteiger partial charge on any atom is -0.496 e. The summed E-state index contributed by atoms with van der Waals surface area (Å²) in [4.78, 5) is 29.3. The SMILES string of the molecule is COc1cc(NC(=O)C2CCC(NCc3c(C)cnc(Cl)c3NC(=O)OC(C)(C)C)CC2)ccc1C. The number of hydrogen-bond acceptors (Lipinski definition) is 6. The number of ether oxygens (including phenoxy) is 2. The number of carbonyl (C=O) groups is 2. The zero-order chi connectivity index (χ0) is 26.5. The van der Waals surface area contributed by atoms with Gasteiger partial charge >= 0.3 is 6.09 Å². The number of hydrogen-bond donors (Lipinski definition) is 3. The van der Waals surface area contributed by atoms with Crippen molar-refractivity contribution in [3.63, 3.8) is 0 Å². The van der Waals surface area contributed by atoms with Crippen LogP contribution in [-0.4, -0.2) is 35.7 Å². The summed E-state index contributed by atoms with van der Waals surface area (Å²) in [5, 5.41) is 9.58. The fourth-order valence-electron chi connectivity index (χ4n) is 4.33. The number of carbonyl (C=O) groups excluding carboxylic acids is 2. The lowest BCUT2D eigenvalue weighted by atomic mass is 9.85. The minimum atomic E-state index is -0.622. The summed E-state index contributed by atoms with van der Waals surface area (Å²) in [6, 6.07) is 5.95. The highest BCUT2D eigenvalue weighted by atomic mass is 35.5. The van der Waals surface area contributed by atoms with E-state index in [0.717, 1.165) is 53.8 Å². The molecule has 1 saturated carbocycles. The van der Waals surface area contributed by atoms with Crippen molar-refractivity contribution >= 4 is 35.0 Å². The number of aryl methyl sites for hydroxylation is 2. The van der Waals surface area contributed by atoms with Crippen LogP contribution in [0, 0.1) is 19.8 Å². The number of aromatic nitrogens is 1. The summed E-state index contributed by atoms with van der Waals surface area (Å²) < 4.78 is 10.7. The predicted octanol–water partition coefficient (Wildman–Crippen LogP) is 5.99. The molecule has 0 unspecified atom stereocenters. The number of anilines is 2. The highest BCUT2D eigenvalue weighted by Gasteiger charge is 2.27. The molecule has 0 saturated heterocycles. The van der Waals surface area contributed by atoms with Crippen LogP contribution in [0.1, 0.15) is 63.1 Å². The van der Waals surface area contributed by atoms with Crippen molar-refractivity contribution in [2.75, 3.05) is 17.7 Å². The Kier molecular flexibility index (Phi) is 9.19. The monoisotopic (exact) mass is 516 g/mol. The molecule has 0 radical (unpaired) electrons. The van der Waals surface area contributed by atoms with Gasteiger partial charge in [0.2, 0.25) is 5.91 Å². The minimum absolute atomic E-state index is 0.0307. The van der Waals surface area contributed by atoms with Gasteiger partial charge in [0.1, 0.15) is 11.4 Å². The molecule has 2 amide bonds. The number of nitrogens with zero attached hydrogens (tertiary/aromatic N) is 1. The second kappa shape index (κ2) is 11.9. The molecule has 0 atom stereocenters. The van der Waals surface area contributed by atoms with E-state index < -0.39 is 11.7 Å². The number of nitrogens with one attached hydrogen (secondary N) is 3. The number of rotatable bonds is 7. The van der Waals surface area contributed by atoms with E-state index in [2.05, 4.69) is 20.9 Å². The number of amides is 2. The Balaban J connectivity index is 1.55. The summed E-state index contributed by atoms with van der Waals surface area (Å²) in [5.41, 5.74) is 3.39. The molecule has 1 aliphatic rings. The number of benzene rings is 1. The zero-order valence-electron chi connectivity index (χ0n) is 22.0. The Morgan fingerprint density at radius 3 is 2.42 bits per heavy atom. The molecular weight excluding hydrogens is 480 g/mol. The molecule has 1 aromatic carbocycles. The molecule has 36 heavy (non-hydrogen) atoms. The molecule has 0 bridgehead atoms. The Morgan fingerprint density at radius 2 is 1.78 bits per heavy atom. The Bertz CT molecular complexity index is 1090. The van der Waals surface area contributed by atoms with Gasteiger partial charge in [-0.3, -0.25) is 10.1 Å². The molecule has 3 rings (SSSR count). The largest absolute Gasteiger partial charge is 0.496 e. The van der Waals surface area contributed by atoms with E-state index in [4.69, 9.17) is 21.1 Å². The first-order valence-corrected chi connectivity index (χ1v) is 12.7.